The van der Waals surface area contributed by atoms with Gasteiger partial charge in [-0.1, -0.05) is 36.9 Å². The maximum atomic E-state index is 11.5. The molecule has 0 saturated carbocycles. The quantitative estimate of drug-likeness (QED) is 0.904. The van der Waals surface area contributed by atoms with E-state index >= 15 is 0 Å². The van der Waals surface area contributed by atoms with Crippen LogP contribution in [0.1, 0.15) is 18.9 Å². The largest absolute Gasteiger partial charge is 0.306 e. The average molecular weight is 265 g/mol. The zero-order valence-electron chi connectivity index (χ0n) is 10.6. The molecule has 0 spiro atoms. The summed E-state index contributed by atoms with van der Waals surface area (Å²) in [6.45, 7) is 6.63. The van der Waals surface area contributed by atoms with Crippen molar-refractivity contribution >= 4 is 15.4 Å². The lowest BCUT2D eigenvalue weighted by Crippen LogP contribution is -2.44. The lowest BCUT2D eigenvalue weighted by molar-refractivity contribution is 0.420. The van der Waals surface area contributed by atoms with Crippen molar-refractivity contribution in [3.05, 3.63) is 42.5 Å². The molecule has 0 aromatic heterocycles. The van der Waals surface area contributed by atoms with Crippen molar-refractivity contribution in [2.75, 3.05) is 18.1 Å². The smallest absolute Gasteiger partial charge is 0.152 e. The minimum Gasteiger partial charge on any atom is -0.306 e. The standard InChI is InChI=1S/C14H19NO2S/c1-12(13-6-4-3-5-7-13)10-15-14(2)8-9-18(16,17)11-14/h3-7,15H,1,8-11H2,2H3. The molecule has 1 heterocycles. The number of nitrogens with one attached hydrogen (secondary N) is 1. The van der Waals surface area contributed by atoms with Gasteiger partial charge in [0.1, 0.15) is 0 Å². The molecule has 3 nitrogen and oxygen atoms in total. The molecule has 1 aliphatic rings. The van der Waals surface area contributed by atoms with E-state index in [1.807, 2.05) is 37.3 Å². The Labute approximate surface area is 109 Å². The number of benzene rings is 1. The third-order valence-corrected chi connectivity index (χ3v) is 5.32. The molecule has 98 valence electrons. The van der Waals surface area contributed by atoms with E-state index in [1.54, 1.807) is 0 Å². The van der Waals surface area contributed by atoms with Crippen molar-refractivity contribution in [2.24, 2.45) is 0 Å². The van der Waals surface area contributed by atoms with Crippen LogP contribution in [-0.2, 0) is 9.84 Å². The molecule has 1 N–H and O–H groups in total. The van der Waals surface area contributed by atoms with Gasteiger partial charge in [0.2, 0.25) is 0 Å². The molecule has 1 unspecified atom stereocenters. The maximum absolute atomic E-state index is 11.5. The molecule has 18 heavy (non-hydrogen) atoms. The Morgan fingerprint density at radius 3 is 2.61 bits per heavy atom. The van der Waals surface area contributed by atoms with Crippen molar-refractivity contribution in [1.29, 1.82) is 0 Å². The topological polar surface area (TPSA) is 46.2 Å². The van der Waals surface area contributed by atoms with Crippen LogP contribution in [-0.4, -0.2) is 32.0 Å². The third-order valence-electron chi connectivity index (χ3n) is 3.41. The van der Waals surface area contributed by atoms with Crippen molar-refractivity contribution in [3.8, 4) is 0 Å². The summed E-state index contributed by atoms with van der Waals surface area (Å²) in [7, 11) is -2.86. The molecule has 0 aliphatic carbocycles. The molecule has 4 heteroatoms. The fourth-order valence-corrected chi connectivity index (χ4v) is 4.37. The third kappa shape index (κ3) is 3.21. The van der Waals surface area contributed by atoms with Crippen LogP contribution in [0.2, 0.25) is 0 Å². The van der Waals surface area contributed by atoms with Crippen LogP contribution >= 0.6 is 0 Å². The first-order valence-electron chi connectivity index (χ1n) is 6.09. The summed E-state index contributed by atoms with van der Waals surface area (Å²) >= 11 is 0. The van der Waals surface area contributed by atoms with E-state index in [1.165, 1.54) is 0 Å². The van der Waals surface area contributed by atoms with Crippen molar-refractivity contribution in [3.63, 3.8) is 0 Å². The average Bonchev–Trinajstić information content (AvgIpc) is 2.62. The van der Waals surface area contributed by atoms with Gasteiger partial charge in [0, 0.05) is 12.1 Å². The molecule has 0 radical (unpaired) electrons. The monoisotopic (exact) mass is 265 g/mol. The highest BCUT2D eigenvalue weighted by molar-refractivity contribution is 7.91. The first kappa shape index (κ1) is 13.3. The zero-order valence-corrected chi connectivity index (χ0v) is 11.5. The van der Waals surface area contributed by atoms with Gasteiger partial charge < -0.3 is 5.32 Å². The van der Waals surface area contributed by atoms with Crippen LogP contribution in [0.4, 0.5) is 0 Å². The second kappa shape index (κ2) is 4.86. The molecule has 1 aliphatic heterocycles. The minimum absolute atomic E-state index is 0.224. The Bertz CT molecular complexity index is 536. The van der Waals surface area contributed by atoms with Crippen LogP contribution in [0, 0.1) is 0 Å². The van der Waals surface area contributed by atoms with E-state index in [2.05, 4.69) is 11.9 Å². The van der Waals surface area contributed by atoms with E-state index in [4.69, 9.17) is 0 Å². The van der Waals surface area contributed by atoms with Crippen LogP contribution in [0.5, 0.6) is 0 Å². The van der Waals surface area contributed by atoms with Crippen LogP contribution in [0.15, 0.2) is 36.9 Å². The predicted molar refractivity (Wildman–Crippen MR) is 75.2 cm³/mol. The SMILES string of the molecule is C=C(CNC1(C)CCS(=O)(=O)C1)c1ccccc1. The molecule has 1 fully saturated rings. The van der Waals surface area contributed by atoms with Crippen molar-refractivity contribution < 1.29 is 8.42 Å². The molecule has 1 aromatic carbocycles. The molecule has 1 saturated heterocycles. The first-order valence-corrected chi connectivity index (χ1v) is 7.91. The van der Waals surface area contributed by atoms with Gasteiger partial charge in [-0.25, -0.2) is 8.42 Å². The number of hydrogen-bond acceptors (Lipinski definition) is 3. The van der Waals surface area contributed by atoms with Crippen LogP contribution in [0.25, 0.3) is 5.57 Å². The number of rotatable bonds is 4. The van der Waals surface area contributed by atoms with E-state index < -0.39 is 9.84 Å². The summed E-state index contributed by atoms with van der Waals surface area (Å²) in [6.07, 6.45) is 0.678. The summed E-state index contributed by atoms with van der Waals surface area (Å²) in [4.78, 5) is 0. The van der Waals surface area contributed by atoms with Crippen LogP contribution in [0.3, 0.4) is 0 Å². The molecular weight excluding hydrogens is 246 g/mol. The molecule has 1 atom stereocenters. The normalized spacial score (nSPS) is 26.1. The summed E-state index contributed by atoms with van der Waals surface area (Å²) in [5, 5.41) is 3.33. The van der Waals surface area contributed by atoms with E-state index in [0.717, 1.165) is 11.1 Å². The number of hydrogen-bond donors (Lipinski definition) is 1. The molecule has 0 bridgehead atoms. The number of sulfone groups is 1. The predicted octanol–water partition coefficient (Wildman–Crippen LogP) is 1.87. The summed E-state index contributed by atoms with van der Waals surface area (Å²) in [6, 6.07) is 9.94. The Hall–Kier alpha value is -1.13. The summed E-state index contributed by atoms with van der Waals surface area (Å²) in [5.41, 5.74) is 1.77. The Balaban J connectivity index is 1.95. The Kier molecular flexibility index (Phi) is 3.59. The van der Waals surface area contributed by atoms with Crippen molar-refractivity contribution in [2.45, 2.75) is 18.9 Å². The second-order valence-corrected chi connectivity index (χ2v) is 7.41. The minimum atomic E-state index is -2.86. The van der Waals surface area contributed by atoms with Gasteiger partial charge in [-0.2, -0.15) is 0 Å². The lowest BCUT2D eigenvalue weighted by atomic mass is 10.0. The van der Waals surface area contributed by atoms with Gasteiger partial charge in [0.25, 0.3) is 0 Å². The maximum Gasteiger partial charge on any atom is 0.152 e. The highest BCUT2D eigenvalue weighted by atomic mass is 32.2. The van der Waals surface area contributed by atoms with E-state index in [0.29, 0.717) is 13.0 Å². The van der Waals surface area contributed by atoms with Gasteiger partial charge in [-0.3, -0.25) is 0 Å². The van der Waals surface area contributed by atoms with Crippen LogP contribution < -0.4 is 5.32 Å². The van der Waals surface area contributed by atoms with Gasteiger partial charge in [0.15, 0.2) is 9.84 Å². The Morgan fingerprint density at radius 2 is 2.06 bits per heavy atom. The highest BCUT2D eigenvalue weighted by Crippen LogP contribution is 2.23. The summed E-state index contributed by atoms with van der Waals surface area (Å²) < 4.78 is 23.0. The van der Waals surface area contributed by atoms with Gasteiger partial charge >= 0.3 is 0 Å². The summed E-state index contributed by atoms with van der Waals surface area (Å²) in [5.74, 6) is 0.510. The highest BCUT2D eigenvalue weighted by Gasteiger charge is 2.37. The zero-order chi connectivity index (χ0) is 13.2. The fraction of sp³-hybridized carbons (Fsp3) is 0.429. The first-order chi connectivity index (χ1) is 8.40. The van der Waals surface area contributed by atoms with Gasteiger partial charge in [0.05, 0.1) is 11.5 Å². The van der Waals surface area contributed by atoms with Crippen molar-refractivity contribution in [1.82, 2.24) is 5.32 Å². The second-order valence-electron chi connectivity index (χ2n) is 5.23. The molecular formula is C14H19NO2S. The van der Waals surface area contributed by atoms with E-state index in [-0.39, 0.29) is 17.0 Å². The van der Waals surface area contributed by atoms with Gasteiger partial charge in [-0.05, 0) is 24.5 Å². The fourth-order valence-electron chi connectivity index (χ4n) is 2.25. The molecule has 1 aromatic rings. The van der Waals surface area contributed by atoms with E-state index in [9.17, 15) is 8.42 Å². The van der Waals surface area contributed by atoms with Gasteiger partial charge in [-0.15, -0.1) is 0 Å². The molecule has 0 amide bonds. The molecule has 2 rings (SSSR count). The lowest BCUT2D eigenvalue weighted by Gasteiger charge is -2.24. The Morgan fingerprint density at radius 1 is 1.39 bits per heavy atom.